The molecule has 9 heteroatoms. The summed E-state index contributed by atoms with van der Waals surface area (Å²) in [6, 6.07) is 9.80. The number of carbonyl (C=O) groups is 1. The van der Waals surface area contributed by atoms with Gasteiger partial charge in [-0.05, 0) is 55.2 Å². The highest BCUT2D eigenvalue weighted by Gasteiger charge is 2.29. The third-order valence-electron chi connectivity index (χ3n) is 6.07. The highest BCUT2D eigenvalue weighted by Crippen LogP contribution is 2.32. The number of rotatable bonds is 5. The lowest BCUT2D eigenvalue weighted by Crippen LogP contribution is -2.41. The molecule has 2 fully saturated rings. The van der Waals surface area contributed by atoms with E-state index < -0.39 is 11.9 Å². The van der Waals surface area contributed by atoms with Crippen LogP contribution in [0, 0.1) is 11.6 Å². The lowest BCUT2D eigenvalue weighted by molar-refractivity contribution is 0.109. The number of nitrogens with one attached hydrogen (secondary N) is 1. The standard InChI is InChI=1S/C23H25F2N5O2/c24-20-13-17(29-11-8-27-30(29)15-18-14-26-23(31)32-18)5-6-19(20)16-4-7-22(21(25)12-16)28-9-2-1-3-10-28/h4-8,12-13,18H,1-3,9-11,14-15H2,(H,26,31)/t18-/m1/s1. The molecule has 0 aliphatic carbocycles. The van der Waals surface area contributed by atoms with E-state index in [0.29, 0.717) is 42.1 Å². The van der Waals surface area contributed by atoms with Crippen molar-refractivity contribution in [1.82, 2.24) is 10.4 Å². The quantitative estimate of drug-likeness (QED) is 0.766. The molecule has 1 N–H and O–H groups in total. The number of piperidine rings is 1. The molecular formula is C23H25F2N5O2. The van der Waals surface area contributed by atoms with E-state index >= 15 is 4.39 Å². The summed E-state index contributed by atoms with van der Waals surface area (Å²) in [5.74, 6) is -0.764. The molecule has 3 aliphatic rings. The van der Waals surface area contributed by atoms with Crippen molar-refractivity contribution in [3.8, 4) is 11.1 Å². The van der Waals surface area contributed by atoms with Crippen LogP contribution in [0.25, 0.3) is 11.1 Å². The number of halogens is 2. The third-order valence-corrected chi connectivity index (χ3v) is 6.07. The summed E-state index contributed by atoms with van der Waals surface area (Å²) < 4.78 is 35.0. The van der Waals surface area contributed by atoms with Crippen LogP contribution in [0.3, 0.4) is 0 Å². The third kappa shape index (κ3) is 4.06. The number of carbonyl (C=O) groups excluding carboxylic acids is 1. The fourth-order valence-corrected chi connectivity index (χ4v) is 4.43. The van der Waals surface area contributed by atoms with Gasteiger partial charge in [0, 0.05) is 24.9 Å². The van der Waals surface area contributed by atoms with Crippen molar-refractivity contribution in [1.29, 1.82) is 0 Å². The highest BCUT2D eigenvalue weighted by atomic mass is 19.1. The van der Waals surface area contributed by atoms with Crippen LogP contribution in [0.2, 0.25) is 0 Å². The van der Waals surface area contributed by atoms with Gasteiger partial charge in [0.25, 0.3) is 0 Å². The molecule has 3 heterocycles. The molecule has 0 radical (unpaired) electrons. The summed E-state index contributed by atoms with van der Waals surface area (Å²) >= 11 is 0. The predicted molar refractivity (Wildman–Crippen MR) is 119 cm³/mol. The van der Waals surface area contributed by atoms with Crippen molar-refractivity contribution in [3.63, 3.8) is 0 Å². The maximum atomic E-state index is 15.1. The average molecular weight is 441 g/mol. The van der Waals surface area contributed by atoms with E-state index in [4.69, 9.17) is 4.74 Å². The first kappa shape index (κ1) is 20.5. The van der Waals surface area contributed by atoms with Crippen LogP contribution in [0.4, 0.5) is 25.0 Å². The second-order valence-electron chi connectivity index (χ2n) is 8.22. The van der Waals surface area contributed by atoms with E-state index in [2.05, 4.69) is 15.3 Å². The molecular weight excluding hydrogens is 416 g/mol. The van der Waals surface area contributed by atoms with Crippen molar-refractivity contribution in [2.24, 2.45) is 5.10 Å². The molecule has 2 saturated heterocycles. The first-order valence-electron chi connectivity index (χ1n) is 10.9. The van der Waals surface area contributed by atoms with Gasteiger partial charge in [0.05, 0.1) is 31.0 Å². The topological polar surface area (TPSA) is 60.4 Å². The first-order valence-corrected chi connectivity index (χ1v) is 10.9. The molecule has 1 amide bonds. The Morgan fingerprint density at radius 1 is 1.06 bits per heavy atom. The summed E-state index contributed by atoms with van der Waals surface area (Å²) in [5, 5.41) is 10.4. The number of amides is 1. The van der Waals surface area contributed by atoms with Crippen molar-refractivity contribution in [2.45, 2.75) is 25.4 Å². The van der Waals surface area contributed by atoms with E-state index in [9.17, 15) is 9.18 Å². The minimum atomic E-state index is -0.446. The average Bonchev–Trinajstić information content (AvgIpc) is 3.43. The Morgan fingerprint density at radius 3 is 2.62 bits per heavy atom. The number of hydrogen-bond acceptors (Lipinski definition) is 6. The van der Waals surface area contributed by atoms with Crippen LogP contribution in [0.15, 0.2) is 41.5 Å². The number of hydrazine groups is 1. The molecule has 0 aromatic heterocycles. The lowest BCUT2D eigenvalue weighted by atomic mass is 10.0. The van der Waals surface area contributed by atoms with E-state index in [1.54, 1.807) is 40.6 Å². The second-order valence-corrected chi connectivity index (χ2v) is 8.22. The number of nitrogens with zero attached hydrogens (tertiary/aromatic N) is 4. The molecule has 0 unspecified atom stereocenters. The Hall–Kier alpha value is -3.36. The van der Waals surface area contributed by atoms with Crippen molar-refractivity contribution in [3.05, 3.63) is 48.0 Å². The summed E-state index contributed by atoms with van der Waals surface area (Å²) in [6.45, 7) is 2.95. The molecule has 3 aliphatic heterocycles. The van der Waals surface area contributed by atoms with Gasteiger partial charge in [-0.2, -0.15) is 5.10 Å². The largest absolute Gasteiger partial charge is 0.442 e. The first-order chi connectivity index (χ1) is 15.6. The summed E-state index contributed by atoms with van der Waals surface area (Å²) in [4.78, 5) is 13.3. The van der Waals surface area contributed by atoms with Crippen molar-refractivity contribution >= 4 is 23.7 Å². The van der Waals surface area contributed by atoms with Crippen LogP contribution >= 0.6 is 0 Å². The van der Waals surface area contributed by atoms with E-state index in [1.807, 2.05) is 0 Å². The number of ether oxygens (including phenoxy) is 1. The van der Waals surface area contributed by atoms with Gasteiger partial charge in [-0.15, -0.1) is 0 Å². The van der Waals surface area contributed by atoms with E-state index in [0.717, 1.165) is 25.9 Å². The Labute approximate surface area is 185 Å². The molecule has 7 nitrogen and oxygen atoms in total. The van der Waals surface area contributed by atoms with Crippen LogP contribution < -0.4 is 15.2 Å². The zero-order valence-corrected chi connectivity index (χ0v) is 17.6. The fraction of sp³-hybridized carbons (Fsp3) is 0.391. The van der Waals surface area contributed by atoms with Gasteiger partial charge in [0.2, 0.25) is 0 Å². The maximum absolute atomic E-state index is 15.1. The number of hydrazone groups is 1. The number of benzene rings is 2. The van der Waals surface area contributed by atoms with Gasteiger partial charge in [0.15, 0.2) is 0 Å². The molecule has 2 aromatic carbocycles. The Bertz CT molecular complexity index is 1040. The minimum absolute atomic E-state index is 0.327. The van der Waals surface area contributed by atoms with Crippen molar-refractivity contribution in [2.75, 3.05) is 42.6 Å². The number of anilines is 2. The van der Waals surface area contributed by atoms with E-state index in [1.165, 1.54) is 18.6 Å². The molecule has 168 valence electrons. The monoisotopic (exact) mass is 441 g/mol. The Kier molecular flexibility index (Phi) is 5.55. The second kappa shape index (κ2) is 8.64. The zero-order valence-electron chi connectivity index (χ0n) is 17.6. The fourth-order valence-electron chi connectivity index (χ4n) is 4.43. The summed E-state index contributed by atoms with van der Waals surface area (Å²) in [7, 11) is 0. The van der Waals surface area contributed by atoms with Crippen LogP contribution in [-0.4, -0.2) is 56.3 Å². The molecule has 32 heavy (non-hydrogen) atoms. The van der Waals surface area contributed by atoms with Gasteiger partial charge in [-0.3, -0.25) is 5.01 Å². The van der Waals surface area contributed by atoms with Gasteiger partial charge >= 0.3 is 6.09 Å². The molecule has 0 spiro atoms. The SMILES string of the molecule is O=C1NC[C@H](CN2N=CCN2c2ccc(-c3ccc(N4CCCCC4)c(F)c3)c(F)c2)O1. The van der Waals surface area contributed by atoms with Gasteiger partial charge in [0.1, 0.15) is 17.7 Å². The van der Waals surface area contributed by atoms with Crippen molar-refractivity contribution < 1.29 is 18.3 Å². The molecule has 0 bridgehead atoms. The smallest absolute Gasteiger partial charge is 0.407 e. The van der Waals surface area contributed by atoms with E-state index in [-0.39, 0.29) is 11.9 Å². The highest BCUT2D eigenvalue weighted by molar-refractivity contribution is 5.73. The summed E-state index contributed by atoms with van der Waals surface area (Å²) in [6.07, 6.45) is 4.24. The summed E-state index contributed by atoms with van der Waals surface area (Å²) in [5.41, 5.74) is 2.05. The predicted octanol–water partition coefficient (Wildman–Crippen LogP) is 3.75. The maximum Gasteiger partial charge on any atom is 0.407 e. The minimum Gasteiger partial charge on any atom is -0.442 e. The van der Waals surface area contributed by atoms with Crippen LogP contribution in [-0.2, 0) is 4.74 Å². The molecule has 2 aromatic rings. The normalized spacial score (nSPS) is 20.6. The molecule has 5 rings (SSSR count). The number of cyclic esters (lactones) is 1. The zero-order chi connectivity index (χ0) is 22.1. The molecule has 1 atom stereocenters. The van der Waals surface area contributed by atoms with Crippen LogP contribution in [0.1, 0.15) is 19.3 Å². The van der Waals surface area contributed by atoms with Crippen LogP contribution in [0.5, 0.6) is 0 Å². The van der Waals surface area contributed by atoms with Gasteiger partial charge in [-0.1, -0.05) is 6.07 Å². The lowest BCUT2D eigenvalue weighted by Gasteiger charge is -2.30. The Morgan fingerprint density at radius 2 is 1.91 bits per heavy atom. The Balaban J connectivity index is 1.33. The van der Waals surface area contributed by atoms with Gasteiger partial charge in [-0.25, -0.2) is 18.7 Å². The van der Waals surface area contributed by atoms with Gasteiger partial charge < -0.3 is 15.0 Å². The number of alkyl carbamates (subject to hydrolysis) is 1. The number of hydrogen-bond donors (Lipinski definition) is 1. The molecule has 0 saturated carbocycles.